The Hall–Kier alpha value is -2.53. The van der Waals surface area contributed by atoms with Gasteiger partial charge in [0.1, 0.15) is 16.2 Å². The van der Waals surface area contributed by atoms with Gasteiger partial charge in [-0.3, -0.25) is 9.69 Å². The van der Waals surface area contributed by atoms with Crippen LogP contribution in [0.15, 0.2) is 51.4 Å². The molecule has 2 aromatic heterocycles. The van der Waals surface area contributed by atoms with Gasteiger partial charge in [-0.1, -0.05) is 23.4 Å². The van der Waals surface area contributed by atoms with Gasteiger partial charge in [-0.15, -0.1) is 11.3 Å². The van der Waals surface area contributed by atoms with Crippen molar-refractivity contribution < 1.29 is 17.7 Å². The number of hydrogen-bond donors (Lipinski definition) is 1. The number of carbonyl (C=O) groups is 1. The first-order valence-corrected chi connectivity index (χ1v) is 12.7. The van der Waals surface area contributed by atoms with Crippen molar-refractivity contribution in [3.63, 3.8) is 0 Å². The van der Waals surface area contributed by atoms with Gasteiger partial charge in [-0.25, -0.2) is 8.42 Å². The molecule has 1 amide bonds. The van der Waals surface area contributed by atoms with Crippen molar-refractivity contribution in [2.24, 2.45) is 0 Å². The molecule has 0 bridgehead atoms. The number of hydrogen-bond acceptors (Lipinski definition) is 7. The molecule has 1 aromatic carbocycles. The van der Waals surface area contributed by atoms with E-state index in [1.807, 2.05) is 36.9 Å². The van der Waals surface area contributed by atoms with Crippen LogP contribution in [0.2, 0.25) is 0 Å². The van der Waals surface area contributed by atoms with Gasteiger partial charge in [-0.2, -0.15) is 4.31 Å². The fraction of sp³-hybridized carbons (Fsp3) is 0.364. The topological polar surface area (TPSA) is 95.8 Å². The Morgan fingerprint density at radius 1 is 1.09 bits per heavy atom. The van der Waals surface area contributed by atoms with Gasteiger partial charge < -0.3 is 9.84 Å². The van der Waals surface area contributed by atoms with Crippen molar-refractivity contribution in [1.29, 1.82) is 0 Å². The average molecular weight is 475 g/mol. The number of nitrogens with one attached hydrogen (secondary N) is 1. The van der Waals surface area contributed by atoms with E-state index in [9.17, 15) is 13.2 Å². The van der Waals surface area contributed by atoms with Crippen molar-refractivity contribution >= 4 is 33.0 Å². The molecule has 3 aromatic rings. The molecule has 170 valence electrons. The maximum absolute atomic E-state index is 13.2. The monoisotopic (exact) mass is 474 g/mol. The molecule has 4 rings (SSSR count). The molecule has 1 N–H and O–H groups in total. The number of thiophene rings is 1. The number of sulfonamides is 1. The number of nitrogens with zero attached hydrogens (tertiary/aromatic N) is 3. The molecule has 8 nitrogen and oxygen atoms in total. The number of carbonyl (C=O) groups excluding carboxylic acids is 1. The third-order valence-electron chi connectivity index (χ3n) is 5.53. The van der Waals surface area contributed by atoms with E-state index in [0.29, 0.717) is 38.3 Å². The van der Waals surface area contributed by atoms with E-state index in [-0.39, 0.29) is 16.7 Å². The van der Waals surface area contributed by atoms with Gasteiger partial charge in [0.25, 0.3) is 10.0 Å². The fourth-order valence-corrected chi connectivity index (χ4v) is 6.69. The highest BCUT2D eigenvalue weighted by Gasteiger charge is 2.29. The summed E-state index contributed by atoms with van der Waals surface area (Å²) in [6, 6.07) is 11.0. The maximum atomic E-state index is 13.2. The van der Waals surface area contributed by atoms with E-state index in [4.69, 9.17) is 4.52 Å². The fourth-order valence-electron chi connectivity index (χ4n) is 3.80. The van der Waals surface area contributed by atoms with Crippen molar-refractivity contribution in [2.75, 3.05) is 38.0 Å². The third-order valence-corrected chi connectivity index (χ3v) is 9.00. The Bertz CT molecular complexity index is 1170. The minimum Gasteiger partial charge on any atom is -0.364 e. The lowest BCUT2D eigenvalue weighted by atomic mass is 10.1. The maximum Gasteiger partial charge on any atom is 0.252 e. The lowest BCUT2D eigenvalue weighted by molar-refractivity contribution is -0.117. The standard InChI is InChI=1S/C22H26N4O4S2/c1-16-5-3-6-17(2)22(16)23-20(27)15-25-10-4-11-26(13-12-25)32(28,29)21-8-7-19(31-21)18-9-14-30-24-18/h3,5-9,14H,4,10-13,15H2,1-2H3,(H,23,27). The first-order valence-electron chi connectivity index (χ1n) is 10.4. The van der Waals surface area contributed by atoms with Crippen LogP contribution in [0.5, 0.6) is 0 Å². The zero-order valence-electron chi connectivity index (χ0n) is 18.1. The highest BCUT2D eigenvalue weighted by Crippen LogP contribution is 2.31. The number of aryl methyl sites for hydroxylation is 2. The molecule has 0 unspecified atom stereocenters. The van der Waals surface area contributed by atoms with Crippen LogP contribution < -0.4 is 5.32 Å². The molecule has 1 fully saturated rings. The average Bonchev–Trinajstić information content (AvgIpc) is 3.40. The number of anilines is 1. The molecule has 0 radical (unpaired) electrons. The Labute approximate surface area is 191 Å². The molecule has 0 spiro atoms. The van der Waals surface area contributed by atoms with Crippen LogP contribution in [-0.4, -0.2) is 61.4 Å². The predicted molar refractivity (Wildman–Crippen MR) is 124 cm³/mol. The quantitative estimate of drug-likeness (QED) is 0.589. The molecule has 3 heterocycles. The van der Waals surface area contributed by atoms with Gasteiger partial charge in [-0.05, 0) is 50.1 Å². The third kappa shape index (κ3) is 4.93. The Kier molecular flexibility index (Phi) is 6.75. The van der Waals surface area contributed by atoms with Gasteiger partial charge in [0, 0.05) is 31.4 Å². The first kappa shape index (κ1) is 22.7. The second kappa shape index (κ2) is 9.53. The normalized spacial score (nSPS) is 16.1. The number of rotatable bonds is 6. The van der Waals surface area contributed by atoms with E-state index in [2.05, 4.69) is 10.5 Å². The lowest BCUT2D eigenvalue weighted by Crippen LogP contribution is -2.38. The summed E-state index contributed by atoms with van der Waals surface area (Å²) >= 11 is 1.18. The smallest absolute Gasteiger partial charge is 0.252 e. The molecule has 32 heavy (non-hydrogen) atoms. The number of para-hydroxylation sites is 1. The van der Waals surface area contributed by atoms with Crippen LogP contribution >= 0.6 is 11.3 Å². The summed E-state index contributed by atoms with van der Waals surface area (Å²) in [5.74, 6) is -0.0887. The lowest BCUT2D eigenvalue weighted by Gasteiger charge is -2.21. The molecular formula is C22H26N4O4S2. The van der Waals surface area contributed by atoms with Crippen molar-refractivity contribution in [3.8, 4) is 10.6 Å². The van der Waals surface area contributed by atoms with Gasteiger partial charge >= 0.3 is 0 Å². The zero-order chi connectivity index (χ0) is 22.7. The second-order valence-corrected chi connectivity index (χ2v) is 11.1. The Balaban J connectivity index is 1.38. The molecule has 0 atom stereocenters. The highest BCUT2D eigenvalue weighted by molar-refractivity contribution is 7.91. The van der Waals surface area contributed by atoms with E-state index >= 15 is 0 Å². The first-order chi connectivity index (χ1) is 15.3. The summed E-state index contributed by atoms with van der Waals surface area (Å²) < 4.78 is 33.0. The summed E-state index contributed by atoms with van der Waals surface area (Å²) in [5.41, 5.74) is 3.50. The molecule has 0 saturated carbocycles. The van der Waals surface area contributed by atoms with Crippen LogP contribution in [0.1, 0.15) is 17.5 Å². The highest BCUT2D eigenvalue weighted by atomic mass is 32.2. The van der Waals surface area contributed by atoms with Crippen molar-refractivity contribution in [2.45, 2.75) is 24.5 Å². The van der Waals surface area contributed by atoms with Gasteiger partial charge in [0.15, 0.2) is 0 Å². The SMILES string of the molecule is Cc1cccc(C)c1NC(=O)CN1CCCN(S(=O)(=O)c2ccc(-c3ccon3)s2)CC1. The second-order valence-electron chi connectivity index (χ2n) is 7.85. The molecule has 1 saturated heterocycles. The number of amides is 1. The van der Waals surface area contributed by atoms with Crippen LogP contribution in [0.4, 0.5) is 5.69 Å². The number of aromatic nitrogens is 1. The van der Waals surface area contributed by atoms with Crippen LogP contribution in [0.25, 0.3) is 10.6 Å². The summed E-state index contributed by atoms with van der Waals surface area (Å²) in [7, 11) is -3.60. The van der Waals surface area contributed by atoms with Crippen molar-refractivity contribution in [3.05, 3.63) is 53.8 Å². The Morgan fingerprint density at radius 3 is 2.59 bits per heavy atom. The summed E-state index contributed by atoms with van der Waals surface area (Å²) in [6.07, 6.45) is 2.13. The van der Waals surface area contributed by atoms with E-state index in [0.717, 1.165) is 21.7 Å². The Morgan fingerprint density at radius 2 is 1.88 bits per heavy atom. The number of benzene rings is 1. The minimum atomic E-state index is -3.60. The summed E-state index contributed by atoms with van der Waals surface area (Å²) in [6.45, 7) is 6.11. The van der Waals surface area contributed by atoms with E-state index in [1.54, 1.807) is 18.2 Å². The summed E-state index contributed by atoms with van der Waals surface area (Å²) in [5, 5.41) is 6.88. The minimum absolute atomic E-state index is 0.0887. The molecular weight excluding hydrogens is 448 g/mol. The van der Waals surface area contributed by atoms with Gasteiger partial charge in [0.05, 0.1) is 11.4 Å². The van der Waals surface area contributed by atoms with Crippen LogP contribution in [-0.2, 0) is 14.8 Å². The zero-order valence-corrected chi connectivity index (χ0v) is 19.7. The largest absolute Gasteiger partial charge is 0.364 e. The van der Waals surface area contributed by atoms with Gasteiger partial charge in [0.2, 0.25) is 5.91 Å². The van der Waals surface area contributed by atoms with E-state index < -0.39 is 10.0 Å². The van der Waals surface area contributed by atoms with Crippen LogP contribution in [0, 0.1) is 13.8 Å². The predicted octanol–water partition coefficient (Wildman–Crippen LogP) is 3.36. The van der Waals surface area contributed by atoms with E-state index in [1.165, 1.54) is 21.9 Å². The molecule has 1 aliphatic rings. The molecule has 10 heteroatoms. The molecule has 1 aliphatic heterocycles. The van der Waals surface area contributed by atoms with Crippen LogP contribution in [0.3, 0.4) is 0 Å². The molecule has 0 aliphatic carbocycles. The summed E-state index contributed by atoms with van der Waals surface area (Å²) in [4.78, 5) is 15.4. The van der Waals surface area contributed by atoms with Crippen molar-refractivity contribution in [1.82, 2.24) is 14.4 Å².